The van der Waals surface area contributed by atoms with Crippen LogP contribution in [0.25, 0.3) is 20.7 Å². The molecule has 3 heterocycles. The molecule has 4 rings (SSSR count). The first-order valence-corrected chi connectivity index (χ1v) is 11.1. The fourth-order valence-electron chi connectivity index (χ4n) is 3.13. The first-order chi connectivity index (χ1) is 17.2. The van der Waals surface area contributed by atoms with Crippen LogP contribution in [0, 0.1) is 0 Å². The lowest BCUT2D eigenvalue weighted by molar-refractivity contribution is -0.274. The van der Waals surface area contributed by atoms with Gasteiger partial charge in [0.05, 0.1) is 12.1 Å². The van der Waals surface area contributed by atoms with Crippen molar-refractivity contribution >= 4 is 33.2 Å². The topological polar surface area (TPSA) is 106 Å². The van der Waals surface area contributed by atoms with Crippen LogP contribution >= 0.6 is 22.9 Å². The normalized spacial score (nSPS) is 13.1. The number of H-pyrrole nitrogens is 1. The van der Waals surface area contributed by atoms with Gasteiger partial charge in [0.15, 0.2) is 6.10 Å². The third kappa shape index (κ3) is 6.06. The summed E-state index contributed by atoms with van der Waals surface area (Å²) in [5.41, 5.74) is -1.76. The molecular weight excluding hydrogens is 556 g/mol. The summed E-state index contributed by atoms with van der Waals surface area (Å²) in [5, 5.41) is 9.36. The van der Waals surface area contributed by atoms with Crippen molar-refractivity contribution in [1.82, 2.24) is 14.5 Å². The van der Waals surface area contributed by atoms with Crippen LogP contribution in [0.5, 0.6) is 17.4 Å². The number of aromatic nitrogens is 3. The van der Waals surface area contributed by atoms with Crippen molar-refractivity contribution in [2.75, 3.05) is 0 Å². The lowest BCUT2D eigenvalue weighted by Gasteiger charge is -2.16. The minimum absolute atomic E-state index is 0.0376. The molecule has 196 valence electrons. The van der Waals surface area contributed by atoms with E-state index in [2.05, 4.69) is 9.72 Å². The molecule has 0 aliphatic carbocycles. The van der Waals surface area contributed by atoms with Gasteiger partial charge in [-0.15, -0.1) is 24.5 Å². The molecule has 1 atom stereocenters. The van der Waals surface area contributed by atoms with E-state index in [0.29, 0.717) is 15.0 Å². The molecule has 0 aliphatic rings. The quantitative estimate of drug-likeness (QED) is 0.315. The van der Waals surface area contributed by atoms with E-state index in [-0.39, 0.29) is 26.9 Å². The van der Waals surface area contributed by atoms with Crippen molar-refractivity contribution < 1.29 is 40.9 Å². The summed E-state index contributed by atoms with van der Waals surface area (Å²) in [6.45, 7) is -1.13. The average Bonchev–Trinajstić information content (AvgIpc) is 3.23. The number of pyridine rings is 1. The number of aromatic amines is 1. The third-order valence-electron chi connectivity index (χ3n) is 4.77. The Morgan fingerprint density at radius 3 is 2.32 bits per heavy atom. The Morgan fingerprint density at radius 1 is 1.08 bits per heavy atom. The molecule has 2 N–H and O–H groups in total. The molecule has 0 saturated heterocycles. The summed E-state index contributed by atoms with van der Waals surface area (Å²) in [7, 11) is 0. The van der Waals surface area contributed by atoms with Gasteiger partial charge >= 0.3 is 18.2 Å². The van der Waals surface area contributed by atoms with Gasteiger partial charge in [-0.3, -0.25) is 14.3 Å². The maximum atomic E-state index is 12.8. The molecule has 8 nitrogen and oxygen atoms in total. The van der Waals surface area contributed by atoms with E-state index in [9.17, 15) is 41.0 Å². The van der Waals surface area contributed by atoms with E-state index in [1.807, 2.05) is 4.98 Å². The number of hydrogen-bond acceptors (Lipinski definition) is 7. The number of rotatable bonds is 6. The summed E-state index contributed by atoms with van der Waals surface area (Å²) in [5.74, 6) is -0.480. The smallest absolute Gasteiger partial charge is 0.438 e. The van der Waals surface area contributed by atoms with E-state index >= 15 is 0 Å². The van der Waals surface area contributed by atoms with E-state index in [1.165, 1.54) is 30.5 Å². The zero-order valence-corrected chi connectivity index (χ0v) is 19.4. The molecule has 0 radical (unpaired) electrons. The average molecular weight is 568 g/mol. The molecule has 1 unspecified atom stereocenters. The van der Waals surface area contributed by atoms with Gasteiger partial charge in [-0.2, -0.15) is 13.2 Å². The van der Waals surface area contributed by atoms with Crippen LogP contribution in [0.1, 0.15) is 0 Å². The predicted octanol–water partition coefficient (Wildman–Crippen LogP) is 5.08. The van der Waals surface area contributed by atoms with E-state index < -0.39 is 42.2 Å². The highest BCUT2D eigenvalue weighted by Gasteiger charge is 2.39. The van der Waals surface area contributed by atoms with E-state index in [0.717, 1.165) is 23.5 Å². The fourth-order valence-corrected chi connectivity index (χ4v) is 4.37. The minimum atomic E-state index is -4.99. The van der Waals surface area contributed by atoms with Crippen molar-refractivity contribution in [1.29, 1.82) is 0 Å². The predicted molar refractivity (Wildman–Crippen MR) is 120 cm³/mol. The fraction of sp³-hybridized carbons (Fsp3) is 0.190. The molecule has 0 amide bonds. The standard InChI is InChI=1S/C21H12ClF6N3O5S/c22-12-5-9(7-29-18(12)35-10-1-3-11(4-2-10)36-21(26,27)28)14-6-13-16(37-14)17(33)30-19(34)31(13)8-15(32)20(23,24)25/h1-7,15,32H,8H2,(H,30,33,34). The Hall–Kier alpha value is -3.56. The Morgan fingerprint density at radius 2 is 1.73 bits per heavy atom. The third-order valence-corrected chi connectivity index (χ3v) is 6.22. The number of halogens is 7. The van der Waals surface area contributed by atoms with Crippen LogP contribution in [-0.4, -0.2) is 38.3 Å². The zero-order chi connectivity index (χ0) is 27.1. The molecule has 4 aromatic rings. The van der Waals surface area contributed by atoms with Crippen LogP contribution < -0.4 is 20.7 Å². The first kappa shape index (κ1) is 26.5. The molecule has 0 fully saturated rings. The number of alkyl halides is 6. The van der Waals surface area contributed by atoms with Gasteiger partial charge in [0.1, 0.15) is 21.2 Å². The Balaban J connectivity index is 1.62. The van der Waals surface area contributed by atoms with Crippen molar-refractivity contribution in [3.63, 3.8) is 0 Å². The van der Waals surface area contributed by atoms with E-state index in [1.54, 1.807) is 0 Å². The number of nitrogens with zero attached hydrogens (tertiary/aromatic N) is 2. The van der Waals surface area contributed by atoms with Crippen molar-refractivity contribution in [2.45, 2.75) is 25.2 Å². The van der Waals surface area contributed by atoms with Gasteiger partial charge in [0.25, 0.3) is 5.56 Å². The summed E-state index contributed by atoms with van der Waals surface area (Å²) < 4.78 is 85.1. The highest BCUT2D eigenvalue weighted by Crippen LogP contribution is 2.36. The number of ether oxygens (including phenoxy) is 2. The SMILES string of the molecule is O=c1[nH]c(=O)n(CC(O)C(F)(F)F)c2cc(-c3cnc(Oc4ccc(OC(F)(F)F)cc4)c(Cl)c3)sc12. The molecular formula is C21H12ClF6N3O5S. The van der Waals surface area contributed by atoms with Crippen LogP contribution in [0.15, 0.2) is 52.2 Å². The Labute approximate surface area is 210 Å². The lowest BCUT2D eigenvalue weighted by Crippen LogP contribution is -2.38. The van der Waals surface area contributed by atoms with Gasteiger partial charge in [-0.05, 0) is 36.4 Å². The van der Waals surface area contributed by atoms with Crippen molar-refractivity contribution in [3.05, 3.63) is 68.5 Å². The molecule has 0 aliphatic heterocycles. The molecule has 37 heavy (non-hydrogen) atoms. The molecule has 3 aromatic heterocycles. The number of nitrogens with one attached hydrogen (secondary N) is 1. The second-order valence-corrected chi connectivity index (χ2v) is 8.84. The number of thiophene rings is 1. The molecule has 1 aromatic carbocycles. The summed E-state index contributed by atoms with van der Waals surface area (Å²) in [4.78, 5) is 30.6. The van der Waals surface area contributed by atoms with Crippen molar-refractivity contribution in [3.8, 4) is 27.8 Å². The molecule has 0 spiro atoms. The minimum Gasteiger partial charge on any atom is -0.438 e. The summed E-state index contributed by atoms with van der Waals surface area (Å²) >= 11 is 7.06. The van der Waals surface area contributed by atoms with Gasteiger partial charge in [0.2, 0.25) is 5.88 Å². The van der Waals surface area contributed by atoms with Crippen LogP contribution in [0.2, 0.25) is 5.02 Å². The molecule has 16 heteroatoms. The number of benzene rings is 1. The van der Waals surface area contributed by atoms with Gasteiger partial charge in [0, 0.05) is 16.6 Å². The summed E-state index contributed by atoms with van der Waals surface area (Å²) in [6.07, 6.45) is -11.4. The summed E-state index contributed by atoms with van der Waals surface area (Å²) in [6, 6.07) is 7.09. The van der Waals surface area contributed by atoms with Crippen LogP contribution in [0.4, 0.5) is 26.3 Å². The Bertz CT molecular complexity index is 1560. The van der Waals surface area contributed by atoms with Crippen LogP contribution in [0.3, 0.4) is 0 Å². The zero-order valence-electron chi connectivity index (χ0n) is 17.9. The largest absolute Gasteiger partial charge is 0.573 e. The lowest BCUT2D eigenvalue weighted by atomic mass is 10.2. The monoisotopic (exact) mass is 567 g/mol. The van der Waals surface area contributed by atoms with Crippen LogP contribution in [-0.2, 0) is 6.54 Å². The number of hydrogen-bond donors (Lipinski definition) is 2. The first-order valence-electron chi connectivity index (χ1n) is 9.92. The molecule has 0 bridgehead atoms. The van der Waals surface area contributed by atoms with Gasteiger partial charge in [-0.25, -0.2) is 9.78 Å². The number of aliphatic hydroxyl groups is 1. The maximum Gasteiger partial charge on any atom is 0.573 e. The Kier molecular flexibility index (Phi) is 6.96. The van der Waals surface area contributed by atoms with E-state index in [4.69, 9.17) is 16.3 Å². The maximum absolute atomic E-state index is 12.8. The second-order valence-electron chi connectivity index (χ2n) is 7.38. The number of aliphatic hydroxyl groups excluding tert-OH is 1. The highest BCUT2D eigenvalue weighted by atomic mass is 35.5. The second kappa shape index (κ2) is 9.72. The number of fused-ring (bicyclic) bond motifs is 1. The van der Waals surface area contributed by atoms with Gasteiger partial charge in [-0.1, -0.05) is 11.6 Å². The van der Waals surface area contributed by atoms with Crippen molar-refractivity contribution in [2.24, 2.45) is 0 Å². The highest BCUT2D eigenvalue weighted by molar-refractivity contribution is 7.22. The van der Waals surface area contributed by atoms with Gasteiger partial charge < -0.3 is 14.6 Å². The molecule has 0 saturated carbocycles.